The van der Waals surface area contributed by atoms with Gasteiger partial charge in [-0.25, -0.2) is 4.39 Å². The standard InChI is InChI=1S/C16H24FN3O3/c1-3-20(4-2)10-9-18-14(16(22)23)11-15(21)19-13-7-5-12(17)6-8-13/h5-8,14,18H,3-4,9-11H2,1-2H3,(H,19,21)(H,22,23)/t14-/m0/s1. The second-order valence-corrected chi connectivity index (χ2v) is 5.13. The first kappa shape index (κ1) is 19.1. The number of hydrogen-bond acceptors (Lipinski definition) is 4. The summed E-state index contributed by atoms with van der Waals surface area (Å²) < 4.78 is 12.8. The summed E-state index contributed by atoms with van der Waals surface area (Å²) in [7, 11) is 0. The average molecular weight is 325 g/mol. The van der Waals surface area contributed by atoms with Crippen LogP contribution >= 0.6 is 0 Å². The molecule has 1 aromatic carbocycles. The molecule has 0 bridgehead atoms. The fraction of sp³-hybridized carbons (Fsp3) is 0.500. The average Bonchev–Trinajstić information content (AvgIpc) is 2.52. The zero-order valence-corrected chi connectivity index (χ0v) is 13.5. The van der Waals surface area contributed by atoms with Gasteiger partial charge in [-0.1, -0.05) is 13.8 Å². The summed E-state index contributed by atoms with van der Waals surface area (Å²) in [6.45, 7) is 7.06. The zero-order valence-electron chi connectivity index (χ0n) is 13.5. The Balaban J connectivity index is 2.46. The molecule has 0 radical (unpaired) electrons. The summed E-state index contributed by atoms with van der Waals surface area (Å²) in [6.07, 6.45) is -0.190. The maximum Gasteiger partial charge on any atom is 0.321 e. The fourth-order valence-corrected chi connectivity index (χ4v) is 2.11. The molecule has 1 amide bonds. The number of nitrogens with one attached hydrogen (secondary N) is 2. The first-order chi connectivity index (χ1) is 11.0. The zero-order chi connectivity index (χ0) is 17.2. The van der Waals surface area contributed by atoms with Crippen molar-refractivity contribution in [3.05, 3.63) is 30.1 Å². The summed E-state index contributed by atoms with van der Waals surface area (Å²) in [5.41, 5.74) is 0.434. The van der Waals surface area contributed by atoms with E-state index in [9.17, 15) is 19.1 Å². The number of amides is 1. The quantitative estimate of drug-likeness (QED) is 0.608. The van der Waals surface area contributed by atoms with Crippen LogP contribution in [0.2, 0.25) is 0 Å². The van der Waals surface area contributed by atoms with Crippen molar-refractivity contribution in [2.75, 3.05) is 31.5 Å². The van der Waals surface area contributed by atoms with Crippen LogP contribution in [0.5, 0.6) is 0 Å². The number of carboxylic acids is 1. The van der Waals surface area contributed by atoms with Gasteiger partial charge in [-0.3, -0.25) is 9.59 Å². The van der Waals surface area contributed by atoms with Crippen molar-refractivity contribution in [1.29, 1.82) is 0 Å². The molecule has 7 heteroatoms. The van der Waals surface area contributed by atoms with E-state index in [0.29, 0.717) is 12.2 Å². The number of carboxylic acid groups (broad SMARTS) is 1. The number of hydrogen-bond donors (Lipinski definition) is 3. The molecule has 1 rings (SSSR count). The second kappa shape index (κ2) is 9.91. The molecule has 0 aromatic heterocycles. The predicted octanol–water partition coefficient (Wildman–Crippen LogP) is 1.54. The molecule has 23 heavy (non-hydrogen) atoms. The van der Waals surface area contributed by atoms with Crippen LogP contribution in [0.15, 0.2) is 24.3 Å². The molecule has 0 fully saturated rings. The van der Waals surface area contributed by atoms with E-state index in [-0.39, 0.29) is 6.42 Å². The van der Waals surface area contributed by atoms with E-state index in [1.54, 1.807) is 0 Å². The van der Waals surface area contributed by atoms with Crippen LogP contribution in [0.25, 0.3) is 0 Å². The SMILES string of the molecule is CCN(CC)CCN[C@@H](CC(=O)Nc1ccc(F)cc1)C(=O)O. The Kier molecular flexibility index (Phi) is 8.21. The summed E-state index contributed by atoms with van der Waals surface area (Å²) in [5.74, 6) is -1.90. The highest BCUT2D eigenvalue weighted by Crippen LogP contribution is 2.09. The Morgan fingerprint density at radius 2 is 1.83 bits per heavy atom. The summed E-state index contributed by atoms with van der Waals surface area (Å²) in [5, 5.41) is 14.6. The molecule has 0 spiro atoms. The molecule has 0 unspecified atom stereocenters. The number of likely N-dealkylation sites (N-methyl/N-ethyl adjacent to an activating group) is 1. The van der Waals surface area contributed by atoms with E-state index in [2.05, 4.69) is 15.5 Å². The van der Waals surface area contributed by atoms with Gasteiger partial charge in [0.2, 0.25) is 5.91 Å². The first-order valence-corrected chi connectivity index (χ1v) is 7.70. The molecule has 1 atom stereocenters. The number of rotatable bonds is 10. The van der Waals surface area contributed by atoms with Gasteiger partial charge in [0.15, 0.2) is 0 Å². The van der Waals surface area contributed by atoms with Gasteiger partial charge in [0.05, 0.1) is 6.42 Å². The van der Waals surface area contributed by atoms with Crippen LogP contribution in [-0.2, 0) is 9.59 Å². The number of benzene rings is 1. The molecule has 0 aliphatic carbocycles. The van der Waals surface area contributed by atoms with Gasteiger partial charge in [0.25, 0.3) is 0 Å². The molecule has 3 N–H and O–H groups in total. The minimum absolute atomic E-state index is 0.190. The number of carbonyl (C=O) groups excluding carboxylic acids is 1. The lowest BCUT2D eigenvalue weighted by molar-refractivity contribution is -0.141. The topological polar surface area (TPSA) is 81.7 Å². The van der Waals surface area contributed by atoms with Crippen molar-refractivity contribution < 1.29 is 19.1 Å². The van der Waals surface area contributed by atoms with Crippen molar-refractivity contribution in [3.8, 4) is 0 Å². The van der Waals surface area contributed by atoms with Crippen molar-refractivity contribution in [2.24, 2.45) is 0 Å². The number of nitrogens with zero attached hydrogens (tertiary/aromatic N) is 1. The Morgan fingerprint density at radius 3 is 2.35 bits per heavy atom. The molecule has 1 aromatic rings. The number of aliphatic carboxylic acids is 1. The lowest BCUT2D eigenvalue weighted by Crippen LogP contribution is -2.43. The fourth-order valence-electron chi connectivity index (χ4n) is 2.11. The molecule has 128 valence electrons. The van der Waals surface area contributed by atoms with Gasteiger partial charge in [-0.2, -0.15) is 0 Å². The predicted molar refractivity (Wildman–Crippen MR) is 86.9 cm³/mol. The third-order valence-corrected chi connectivity index (χ3v) is 3.53. The second-order valence-electron chi connectivity index (χ2n) is 5.13. The van der Waals surface area contributed by atoms with Crippen molar-refractivity contribution >= 4 is 17.6 Å². The van der Waals surface area contributed by atoms with Gasteiger partial charge in [0.1, 0.15) is 11.9 Å². The summed E-state index contributed by atoms with van der Waals surface area (Å²) in [4.78, 5) is 25.3. The monoisotopic (exact) mass is 325 g/mol. The molecule has 0 heterocycles. The van der Waals surface area contributed by atoms with E-state index < -0.39 is 23.7 Å². The van der Waals surface area contributed by atoms with Crippen LogP contribution in [-0.4, -0.2) is 54.1 Å². The van der Waals surface area contributed by atoms with Gasteiger partial charge in [0, 0.05) is 18.8 Å². The van der Waals surface area contributed by atoms with E-state index in [1.807, 2.05) is 13.8 Å². The molecule has 6 nitrogen and oxygen atoms in total. The van der Waals surface area contributed by atoms with Crippen LogP contribution in [0.4, 0.5) is 10.1 Å². The molecule has 0 aliphatic heterocycles. The van der Waals surface area contributed by atoms with Gasteiger partial charge in [-0.15, -0.1) is 0 Å². The van der Waals surface area contributed by atoms with Crippen molar-refractivity contribution in [1.82, 2.24) is 10.2 Å². The highest BCUT2D eigenvalue weighted by atomic mass is 19.1. The highest BCUT2D eigenvalue weighted by molar-refractivity contribution is 5.94. The maximum atomic E-state index is 12.8. The highest BCUT2D eigenvalue weighted by Gasteiger charge is 2.20. The Bertz CT molecular complexity index is 504. The molecule has 0 aliphatic rings. The smallest absolute Gasteiger partial charge is 0.321 e. The maximum absolute atomic E-state index is 12.8. The number of anilines is 1. The van der Waals surface area contributed by atoms with Crippen LogP contribution in [0, 0.1) is 5.82 Å². The van der Waals surface area contributed by atoms with E-state index in [1.165, 1.54) is 24.3 Å². The first-order valence-electron chi connectivity index (χ1n) is 7.70. The van der Waals surface area contributed by atoms with E-state index >= 15 is 0 Å². The minimum atomic E-state index is -1.07. The van der Waals surface area contributed by atoms with Crippen LogP contribution in [0.3, 0.4) is 0 Å². The largest absolute Gasteiger partial charge is 0.480 e. The lowest BCUT2D eigenvalue weighted by Gasteiger charge is -2.20. The lowest BCUT2D eigenvalue weighted by atomic mass is 10.2. The van der Waals surface area contributed by atoms with E-state index in [0.717, 1.165) is 19.6 Å². The normalized spacial score (nSPS) is 12.2. The van der Waals surface area contributed by atoms with Gasteiger partial charge < -0.3 is 20.6 Å². The van der Waals surface area contributed by atoms with Gasteiger partial charge in [-0.05, 0) is 37.4 Å². The summed E-state index contributed by atoms with van der Waals surface area (Å²) in [6, 6.07) is 4.36. The third-order valence-electron chi connectivity index (χ3n) is 3.53. The van der Waals surface area contributed by atoms with Gasteiger partial charge >= 0.3 is 5.97 Å². The summed E-state index contributed by atoms with van der Waals surface area (Å²) >= 11 is 0. The van der Waals surface area contributed by atoms with Crippen molar-refractivity contribution in [2.45, 2.75) is 26.3 Å². The Labute approximate surface area is 135 Å². The van der Waals surface area contributed by atoms with Crippen LogP contribution in [0.1, 0.15) is 20.3 Å². The minimum Gasteiger partial charge on any atom is -0.480 e. The molecular weight excluding hydrogens is 301 g/mol. The number of halogens is 1. The molecule has 0 saturated carbocycles. The molecule has 0 saturated heterocycles. The van der Waals surface area contributed by atoms with Crippen molar-refractivity contribution in [3.63, 3.8) is 0 Å². The Hall–Kier alpha value is -1.99. The Morgan fingerprint density at radius 1 is 1.22 bits per heavy atom. The molecular formula is C16H24FN3O3. The number of carbonyl (C=O) groups is 2. The van der Waals surface area contributed by atoms with Crippen LogP contribution < -0.4 is 10.6 Å². The van der Waals surface area contributed by atoms with E-state index in [4.69, 9.17) is 0 Å². The third kappa shape index (κ3) is 7.21.